The van der Waals surface area contributed by atoms with Crippen molar-refractivity contribution in [3.63, 3.8) is 0 Å². The molecule has 142 valence electrons. The van der Waals surface area contributed by atoms with Gasteiger partial charge in [-0.05, 0) is 23.8 Å². The zero-order valence-corrected chi connectivity index (χ0v) is 15.9. The van der Waals surface area contributed by atoms with Crippen molar-refractivity contribution in [3.8, 4) is 11.5 Å². The maximum absolute atomic E-state index is 12.4. The number of anilines is 1. The minimum atomic E-state index is -0.128. The van der Waals surface area contributed by atoms with Gasteiger partial charge >= 0.3 is 0 Å². The van der Waals surface area contributed by atoms with Gasteiger partial charge in [-0.25, -0.2) is 4.98 Å². The van der Waals surface area contributed by atoms with Gasteiger partial charge in [0.05, 0.1) is 13.0 Å². The smallest absolute Gasteiger partial charge is 0.230 e. The van der Waals surface area contributed by atoms with Crippen LogP contribution in [0.2, 0.25) is 0 Å². The number of carbonyl (C=O) groups excluding carboxylic acids is 2. The number of fused-ring (bicyclic) bond motifs is 1. The highest BCUT2D eigenvalue weighted by atomic mass is 32.1. The van der Waals surface area contributed by atoms with Crippen molar-refractivity contribution >= 4 is 39.2 Å². The second-order valence-electron chi connectivity index (χ2n) is 6.30. The Morgan fingerprint density at radius 1 is 1.21 bits per heavy atom. The summed E-state index contributed by atoms with van der Waals surface area (Å²) in [5.41, 5.74) is 2.59. The number of amides is 2. The molecule has 0 atom stereocenters. The first-order valence-electron chi connectivity index (χ1n) is 8.72. The van der Waals surface area contributed by atoms with Gasteiger partial charge in [0.2, 0.25) is 11.8 Å². The van der Waals surface area contributed by atoms with Gasteiger partial charge in [-0.2, -0.15) is 0 Å². The number of para-hydroxylation sites is 1. The summed E-state index contributed by atoms with van der Waals surface area (Å²) in [5.74, 6) is 0.986. The van der Waals surface area contributed by atoms with Gasteiger partial charge < -0.3 is 20.0 Å². The molecule has 0 spiro atoms. The number of furan rings is 1. The highest BCUT2D eigenvalue weighted by Gasteiger charge is 2.13. The number of hydrogen-bond acceptors (Lipinski definition) is 5. The number of H-pyrrole nitrogens is 1. The summed E-state index contributed by atoms with van der Waals surface area (Å²) in [5, 5.41) is 8.90. The number of nitrogens with one attached hydrogen (secondary N) is 3. The van der Waals surface area contributed by atoms with Crippen molar-refractivity contribution in [2.45, 2.75) is 19.9 Å². The highest BCUT2D eigenvalue weighted by Crippen LogP contribution is 2.27. The van der Waals surface area contributed by atoms with E-state index in [1.165, 1.54) is 18.3 Å². The van der Waals surface area contributed by atoms with Crippen molar-refractivity contribution in [1.82, 2.24) is 15.3 Å². The first-order valence-corrected chi connectivity index (χ1v) is 9.60. The molecule has 0 aliphatic heterocycles. The molecule has 3 aromatic heterocycles. The molecule has 0 bridgehead atoms. The van der Waals surface area contributed by atoms with Crippen LogP contribution in [0.4, 0.5) is 5.13 Å². The quantitative estimate of drug-likeness (QED) is 0.464. The predicted octanol–water partition coefficient (Wildman–Crippen LogP) is 3.70. The molecule has 0 saturated carbocycles. The molecule has 4 rings (SSSR count). The number of carbonyl (C=O) groups is 2. The zero-order chi connectivity index (χ0) is 19.5. The third kappa shape index (κ3) is 3.96. The molecule has 0 aliphatic carbocycles. The average Bonchev–Trinajstić information content (AvgIpc) is 3.40. The summed E-state index contributed by atoms with van der Waals surface area (Å²) in [6.45, 7) is 1.78. The maximum Gasteiger partial charge on any atom is 0.230 e. The molecule has 28 heavy (non-hydrogen) atoms. The largest absolute Gasteiger partial charge is 0.458 e. The second kappa shape index (κ2) is 7.69. The lowest BCUT2D eigenvalue weighted by Gasteiger charge is -2.01. The van der Waals surface area contributed by atoms with E-state index in [1.807, 2.05) is 35.8 Å². The lowest BCUT2D eigenvalue weighted by molar-refractivity contribution is -0.119. The van der Waals surface area contributed by atoms with Crippen molar-refractivity contribution in [3.05, 3.63) is 59.3 Å². The number of thiazole rings is 1. The number of benzene rings is 1. The van der Waals surface area contributed by atoms with E-state index in [0.717, 1.165) is 16.5 Å². The molecular weight excluding hydrogens is 376 g/mol. The van der Waals surface area contributed by atoms with E-state index in [1.54, 1.807) is 12.1 Å². The Balaban J connectivity index is 1.40. The first-order chi connectivity index (χ1) is 13.6. The number of hydrogen-bond donors (Lipinski definition) is 3. The molecule has 3 heterocycles. The van der Waals surface area contributed by atoms with Gasteiger partial charge in [0.25, 0.3) is 0 Å². The minimum Gasteiger partial charge on any atom is -0.458 e. The lowest BCUT2D eigenvalue weighted by atomic mass is 10.1. The van der Waals surface area contributed by atoms with Gasteiger partial charge in [0.1, 0.15) is 11.5 Å². The Hall–Kier alpha value is -3.39. The van der Waals surface area contributed by atoms with Crippen LogP contribution in [-0.4, -0.2) is 21.8 Å². The number of aromatic amines is 1. The van der Waals surface area contributed by atoms with E-state index in [0.29, 0.717) is 28.9 Å². The van der Waals surface area contributed by atoms with Crippen LogP contribution in [0.3, 0.4) is 0 Å². The molecule has 3 N–H and O–H groups in total. The Kier molecular flexibility index (Phi) is 4.94. The molecular formula is C20H18N4O3S. The van der Waals surface area contributed by atoms with E-state index < -0.39 is 0 Å². The van der Waals surface area contributed by atoms with Crippen LogP contribution in [0, 0.1) is 0 Å². The molecule has 0 unspecified atom stereocenters. The van der Waals surface area contributed by atoms with Gasteiger partial charge in [-0.15, -0.1) is 11.3 Å². The van der Waals surface area contributed by atoms with Crippen LogP contribution in [0.1, 0.15) is 18.2 Å². The fraction of sp³-hybridized carbons (Fsp3) is 0.150. The molecule has 4 aromatic rings. The summed E-state index contributed by atoms with van der Waals surface area (Å²) in [6.07, 6.45) is 2.12. The van der Waals surface area contributed by atoms with E-state index >= 15 is 0 Å². The molecule has 0 saturated heterocycles. The van der Waals surface area contributed by atoms with Gasteiger partial charge in [0, 0.05) is 29.4 Å². The lowest BCUT2D eigenvalue weighted by Crippen LogP contribution is -2.18. The standard InChI is InChI=1S/C20H18N4O3S/c1-12(25)21-10-14-6-7-18(27-14)17-11-28-20(23-17)24-19(26)8-13-9-22-16-5-3-2-4-15(13)16/h2-7,9,11,22H,8,10H2,1H3,(H,21,25)(H,23,24,26). The van der Waals surface area contributed by atoms with E-state index in [9.17, 15) is 9.59 Å². The first kappa shape index (κ1) is 18.0. The molecule has 1 aromatic carbocycles. The van der Waals surface area contributed by atoms with Crippen LogP contribution >= 0.6 is 11.3 Å². The molecule has 8 heteroatoms. The number of nitrogens with zero attached hydrogens (tertiary/aromatic N) is 1. The van der Waals surface area contributed by atoms with Gasteiger partial charge in [-0.1, -0.05) is 18.2 Å². The van der Waals surface area contributed by atoms with E-state index in [2.05, 4.69) is 20.6 Å². The fourth-order valence-electron chi connectivity index (χ4n) is 2.88. The predicted molar refractivity (Wildman–Crippen MR) is 108 cm³/mol. The third-order valence-electron chi connectivity index (χ3n) is 4.20. The van der Waals surface area contributed by atoms with Crippen molar-refractivity contribution in [2.24, 2.45) is 0 Å². The average molecular weight is 394 g/mol. The normalized spacial score (nSPS) is 10.9. The van der Waals surface area contributed by atoms with Crippen LogP contribution in [0.5, 0.6) is 0 Å². The van der Waals surface area contributed by atoms with Crippen molar-refractivity contribution in [2.75, 3.05) is 5.32 Å². The summed E-state index contributed by atoms with van der Waals surface area (Å²) in [6, 6.07) is 11.5. The molecule has 0 fully saturated rings. The molecule has 0 radical (unpaired) electrons. The third-order valence-corrected chi connectivity index (χ3v) is 4.96. The number of rotatable bonds is 6. The Morgan fingerprint density at radius 2 is 2.07 bits per heavy atom. The van der Waals surface area contributed by atoms with Crippen LogP contribution in [0.15, 0.2) is 52.4 Å². The fourth-order valence-corrected chi connectivity index (χ4v) is 3.60. The van der Waals surface area contributed by atoms with Gasteiger partial charge in [0.15, 0.2) is 10.9 Å². The SMILES string of the molecule is CC(=O)NCc1ccc(-c2csc(NC(=O)Cc3c[nH]c4ccccc34)n2)o1. The monoisotopic (exact) mass is 394 g/mol. The Labute approximate surface area is 164 Å². The number of aromatic nitrogens is 2. The summed E-state index contributed by atoms with van der Waals surface area (Å²) >= 11 is 1.34. The Bertz CT molecular complexity index is 1140. The highest BCUT2D eigenvalue weighted by molar-refractivity contribution is 7.14. The van der Waals surface area contributed by atoms with Gasteiger partial charge in [-0.3, -0.25) is 9.59 Å². The minimum absolute atomic E-state index is 0.119. The maximum atomic E-state index is 12.4. The molecule has 0 aliphatic rings. The van der Waals surface area contributed by atoms with Crippen molar-refractivity contribution in [1.29, 1.82) is 0 Å². The molecule has 7 nitrogen and oxygen atoms in total. The van der Waals surface area contributed by atoms with Crippen molar-refractivity contribution < 1.29 is 14.0 Å². The summed E-state index contributed by atoms with van der Waals surface area (Å²) in [4.78, 5) is 31.0. The van der Waals surface area contributed by atoms with E-state index in [-0.39, 0.29) is 18.2 Å². The summed E-state index contributed by atoms with van der Waals surface area (Å²) < 4.78 is 5.68. The molecule has 2 amide bonds. The second-order valence-corrected chi connectivity index (χ2v) is 7.16. The van der Waals surface area contributed by atoms with Crippen LogP contribution < -0.4 is 10.6 Å². The van der Waals surface area contributed by atoms with E-state index in [4.69, 9.17) is 4.42 Å². The zero-order valence-electron chi connectivity index (χ0n) is 15.1. The van der Waals surface area contributed by atoms with Crippen LogP contribution in [-0.2, 0) is 22.6 Å². The topological polar surface area (TPSA) is 100 Å². The Morgan fingerprint density at radius 3 is 2.93 bits per heavy atom. The summed E-state index contributed by atoms with van der Waals surface area (Å²) in [7, 11) is 0. The van der Waals surface area contributed by atoms with Crippen LogP contribution in [0.25, 0.3) is 22.4 Å².